The van der Waals surface area contributed by atoms with Crippen LogP contribution in [0.5, 0.6) is 0 Å². The van der Waals surface area contributed by atoms with E-state index in [1.165, 1.54) is 23.3 Å². The fourth-order valence-corrected chi connectivity index (χ4v) is 5.05. The van der Waals surface area contributed by atoms with Gasteiger partial charge < -0.3 is 15.0 Å². The molecule has 0 radical (unpaired) electrons. The summed E-state index contributed by atoms with van der Waals surface area (Å²) in [5, 5.41) is 3.47. The van der Waals surface area contributed by atoms with Gasteiger partial charge in [0.1, 0.15) is 0 Å². The molecular formula is C16H22N2O2S. The molecule has 0 saturated carbocycles. The summed E-state index contributed by atoms with van der Waals surface area (Å²) in [5.74, 6) is 0.236. The summed E-state index contributed by atoms with van der Waals surface area (Å²) >= 11 is 1.68. The highest BCUT2D eigenvalue weighted by atomic mass is 32.1. The van der Waals surface area contributed by atoms with Gasteiger partial charge in [0, 0.05) is 36.3 Å². The van der Waals surface area contributed by atoms with E-state index in [2.05, 4.69) is 16.3 Å². The molecule has 1 amide bonds. The standard InChI is InChI=1S/C16H22N2O2S/c19-15(14-8-12-9-20-7-2-13(12)21-14)18-6-1-3-16(11-18)4-5-17-10-16/h8,17H,1-7,9-11H2. The Morgan fingerprint density at radius 2 is 2.38 bits per heavy atom. The Morgan fingerprint density at radius 1 is 1.43 bits per heavy atom. The molecule has 0 aliphatic carbocycles. The molecule has 4 heterocycles. The molecule has 1 unspecified atom stereocenters. The molecule has 2 saturated heterocycles. The molecule has 4 nitrogen and oxygen atoms in total. The zero-order valence-corrected chi connectivity index (χ0v) is 13.1. The number of ether oxygens (including phenoxy) is 1. The first-order chi connectivity index (χ1) is 10.3. The highest BCUT2D eigenvalue weighted by Gasteiger charge is 2.39. The van der Waals surface area contributed by atoms with E-state index >= 15 is 0 Å². The third-order valence-electron chi connectivity index (χ3n) is 5.12. The van der Waals surface area contributed by atoms with Crippen LogP contribution in [0.4, 0.5) is 0 Å². The maximum absolute atomic E-state index is 12.8. The lowest BCUT2D eigenvalue weighted by Crippen LogP contribution is -2.46. The molecule has 21 heavy (non-hydrogen) atoms. The van der Waals surface area contributed by atoms with Gasteiger partial charge in [0.2, 0.25) is 0 Å². The van der Waals surface area contributed by atoms with Crippen LogP contribution in [0.1, 0.15) is 39.4 Å². The molecule has 1 atom stereocenters. The topological polar surface area (TPSA) is 41.6 Å². The van der Waals surface area contributed by atoms with E-state index in [-0.39, 0.29) is 5.91 Å². The molecular weight excluding hydrogens is 284 g/mol. The number of piperidine rings is 1. The smallest absolute Gasteiger partial charge is 0.263 e. The summed E-state index contributed by atoms with van der Waals surface area (Å²) in [6.45, 7) is 5.49. The minimum atomic E-state index is 0.236. The monoisotopic (exact) mass is 306 g/mol. The maximum atomic E-state index is 12.8. The van der Waals surface area contributed by atoms with Crippen molar-refractivity contribution in [1.29, 1.82) is 0 Å². The summed E-state index contributed by atoms with van der Waals surface area (Å²) in [6.07, 6.45) is 4.58. The van der Waals surface area contributed by atoms with Gasteiger partial charge in [-0.25, -0.2) is 0 Å². The van der Waals surface area contributed by atoms with Crippen LogP contribution >= 0.6 is 11.3 Å². The number of rotatable bonds is 1. The lowest BCUT2D eigenvalue weighted by atomic mass is 9.79. The first-order valence-corrected chi connectivity index (χ1v) is 8.77. The first-order valence-electron chi connectivity index (χ1n) is 7.95. The van der Waals surface area contributed by atoms with Gasteiger partial charge >= 0.3 is 0 Å². The Labute approximate surface area is 129 Å². The number of hydrogen-bond acceptors (Lipinski definition) is 4. The van der Waals surface area contributed by atoms with Crippen molar-refractivity contribution in [2.24, 2.45) is 5.41 Å². The van der Waals surface area contributed by atoms with Crippen LogP contribution in [0.15, 0.2) is 6.07 Å². The Balaban J connectivity index is 1.52. The highest BCUT2D eigenvalue weighted by molar-refractivity contribution is 7.14. The Morgan fingerprint density at radius 3 is 3.19 bits per heavy atom. The second-order valence-electron chi connectivity index (χ2n) is 6.62. The van der Waals surface area contributed by atoms with Gasteiger partial charge in [0.05, 0.1) is 18.1 Å². The van der Waals surface area contributed by atoms with E-state index in [9.17, 15) is 4.79 Å². The summed E-state index contributed by atoms with van der Waals surface area (Å²) in [7, 11) is 0. The van der Waals surface area contributed by atoms with Gasteiger partial charge in [-0.2, -0.15) is 0 Å². The van der Waals surface area contributed by atoms with E-state index in [4.69, 9.17) is 4.74 Å². The molecule has 1 aromatic rings. The van der Waals surface area contributed by atoms with Crippen molar-refractivity contribution in [3.63, 3.8) is 0 Å². The molecule has 3 aliphatic heterocycles. The fourth-order valence-electron chi connectivity index (χ4n) is 3.93. The van der Waals surface area contributed by atoms with Gasteiger partial charge in [0.15, 0.2) is 0 Å². The van der Waals surface area contributed by atoms with E-state index in [1.807, 2.05) is 0 Å². The SMILES string of the molecule is O=C(c1cc2c(s1)CCOC2)N1CCCC2(CCNC2)C1. The third-order valence-corrected chi connectivity index (χ3v) is 6.34. The summed E-state index contributed by atoms with van der Waals surface area (Å²) < 4.78 is 5.48. The number of nitrogens with zero attached hydrogens (tertiary/aromatic N) is 1. The lowest BCUT2D eigenvalue weighted by molar-refractivity contribution is 0.0558. The van der Waals surface area contributed by atoms with Crippen molar-refractivity contribution in [1.82, 2.24) is 10.2 Å². The van der Waals surface area contributed by atoms with Gasteiger partial charge in [-0.05, 0) is 37.4 Å². The molecule has 0 aromatic carbocycles. The van der Waals surface area contributed by atoms with Gasteiger partial charge in [-0.15, -0.1) is 11.3 Å². The van der Waals surface area contributed by atoms with E-state index in [1.54, 1.807) is 11.3 Å². The molecule has 114 valence electrons. The number of hydrogen-bond donors (Lipinski definition) is 1. The van der Waals surface area contributed by atoms with E-state index in [0.717, 1.165) is 50.5 Å². The third kappa shape index (κ3) is 2.51. The minimum absolute atomic E-state index is 0.236. The molecule has 0 bridgehead atoms. The Kier molecular flexibility index (Phi) is 3.52. The number of amides is 1. The summed E-state index contributed by atoms with van der Waals surface area (Å²) in [5.41, 5.74) is 1.57. The number of fused-ring (bicyclic) bond motifs is 1. The molecule has 5 heteroatoms. The quantitative estimate of drug-likeness (QED) is 0.863. The van der Waals surface area contributed by atoms with Crippen LogP contribution in [0, 0.1) is 5.41 Å². The molecule has 4 rings (SSSR count). The fraction of sp³-hybridized carbons (Fsp3) is 0.688. The van der Waals surface area contributed by atoms with E-state index < -0.39 is 0 Å². The summed E-state index contributed by atoms with van der Waals surface area (Å²) in [6, 6.07) is 2.07. The van der Waals surface area contributed by atoms with Gasteiger partial charge in [-0.3, -0.25) is 4.79 Å². The van der Waals surface area contributed by atoms with Crippen molar-refractivity contribution in [3.05, 3.63) is 21.4 Å². The first kappa shape index (κ1) is 13.7. The molecule has 1 spiro atoms. The van der Waals surface area contributed by atoms with Crippen LogP contribution in [0.3, 0.4) is 0 Å². The van der Waals surface area contributed by atoms with Crippen LogP contribution < -0.4 is 5.32 Å². The lowest BCUT2D eigenvalue weighted by Gasteiger charge is -2.39. The maximum Gasteiger partial charge on any atom is 0.263 e. The summed E-state index contributed by atoms with van der Waals surface area (Å²) in [4.78, 5) is 17.2. The Hall–Kier alpha value is -0.910. The number of thiophene rings is 1. The zero-order chi connectivity index (χ0) is 14.3. The highest BCUT2D eigenvalue weighted by Crippen LogP contribution is 2.37. The number of likely N-dealkylation sites (tertiary alicyclic amines) is 1. The van der Waals surface area contributed by atoms with Crippen molar-refractivity contribution in [2.75, 3.05) is 32.8 Å². The largest absolute Gasteiger partial charge is 0.376 e. The van der Waals surface area contributed by atoms with Crippen LogP contribution in [0.25, 0.3) is 0 Å². The zero-order valence-electron chi connectivity index (χ0n) is 12.3. The number of carbonyl (C=O) groups is 1. The average Bonchev–Trinajstić information content (AvgIpc) is 3.13. The van der Waals surface area contributed by atoms with E-state index in [0.29, 0.717) is 12.0 Å². The van der Waals surface area contributed by atoms with Crippen molar-refractivity contribution in [2.45, 2.75) is 32.3 Å². The Bertz CT molecular complexity index is 525. The van der Waals surface area contributed by atoms with Crippen molar-refractivity contribution in [3.8, 4) is 0 Å². The predicted molar refractivity (Wildman–Crippen MR) is 82.7 cm³/mol. The van der Waals surface area contributed by atoms with Crippen molar-refractivity contribution < 1.29 is 9.53 Å². The second-order valence-corrected chi connectivity index (χ2v) is 7.76. The van der Waals surface area contributed by atoms with Gasteiger partial charge in [0.25, 0.3) is 5.91 Å². The number of carbonyl (C=O) groups excluding carboxylic acids is 1. The van der Waals surface area contributed by atoms with Crippen LogP contribution in [-0.4, -0.2) is 43.6 Å². The van der Waals surface area contributed by atoms with Gasteiger partial charge in [-0.1, -0.05) is 0 Å². The average molecular weight is 306 g/mol. The second kappa shape index (κ2) is 5.38. The van der Waals surface area contributed by atoms with Crippen LogP contribution in [-0.2, 0) is 17.8 Å². The molecule has 2 fully saturated rings. The van der Waals surface area contributed by atoms with Crippen molar-refractivity contribution >= 4 is 17.2 Å². The minimum Gasteiger partial charge on any atom is -0.376 e. The molecule has 3 aliphatic rings. The molecule has 1 N–H and O–H groups in total. The normalized spacial score (nSPS) is 28.9. The predicted octanol–water partition coefficient (Wildman–Crippen LogP) is 2.04. The van der Waals surface area contributed by atoms with Crippen LogP contribution in [0.2, 0.25) is 0 Å². The molecule has 1 aromatic heterocycles. The number of nitrogens with one attached hydrogen (secondary N) is 1.